The highest BCUT2D eigenvalue weighted by molar-refractivity contribution is 14.1. The van der Waals surface area contributed by atoms with Gasteiger partial charge in [0, 0.05) is 0 Å². The zero-order valence-corrected chi connectivity index (χ0v) is 17.2. The minimum absolute atomic E-state index is 0.206. The maximum absolute atomic E-state index is 9.84. The molecule has 1 atom stereocenters. The van der Waals surface area contributed by atoms with Crippen LogP contribution in [0, 0.1) is 7.14 Å². The van der Waals surface area contributed by atoms with E-state index in [0.717, 1.165) is 38.6 Å². The number of nitrogen functional groups attached to an aromatic ring is 1. The predicted octanol–water partition coefficient (Wildman–Crippen LogP) is 4.85. The lowest BCUT2D eigenvalue weighted by Crippen LogP contribution is -2.13. The lowest BCUT2D eigenvalue weighted by molar-refractivity contribution is 0.408. The van der Waals surface area contributed by atoms with Crippen molar-refractivity contribution >= 4 is 50.9 Å². The molecule has 0 saturated carbocycles. The van der Waals surface area contributed by atoms with Gasteiger partial charge in [0.2, 0.25) is 0 Å². The molecule has 0 bridgehead atoms. The van der Waals surface area contributed by atoms with Gasteiger partial charge in [-0.2, -0.15) is 0 Å². The van der Waals surface area contributed by atoms with E-state index < -0.39 is 0 Å². The minimum Gasteiger partial charge on any atom is -0.506 e. The fraction of sp³-hybridized carbons (Fsp3) is 0.333. The molecule has 0 fully saturated rings. The van der Waals surface area contributed by atoms with Crippen LogP contribution in [0.4, 0.5) is 5.69 Å². The Kier molecular flexibility index (Phi) is 5.25. The molecule has 0 radical (unpaired) electrons. The molecule has 0 unspecified atom stereocenters. The highest BCUT2D eigenvalue weighted by atomic mass is 127. The molecular weight excluding hydrogens is 516 g/mol. The van der Waals surface area contributed by atoms with Gasteiger partial charge in [-0.3, -0.25) is 0 Å². The summed E-state index contributed by atoms with van der Waals surface area (Å²) in [4.78, 5) is 0. The summed E-state index contributed by atoms with van der Waals surface area (Å²) in [5.41, 5.74) is 10.3. The molecule has 0 spiro atoms. The Morgan fingerprint density at radius 1 is 1.22 bits per heavy atom. The number of fused-ring (bicyclic) bond motifs is 1. The van der Waals surface area contributed by atoms with Crippen molar-refractivity contribution < 1.29 is 9.84 Å². The van der Waals surface area contributed by atoms with Gasteiger partial charge in [-0.1, -0.05) is 0 Å². The maximum atomic E-state index is 9.84. The normalized spacial score (nSPS) is 16.9. The standard InChI is InChI=1S/C18H19I2NO2/c1-23-18-14(19)6-10(7-15(18)20)5-11-3-2-4-12-8-17(22)16(21)9-13(11)12/h6-9,11,22H,2-5,21H2,1H3/t11-/m1/s1. The molecular formula is C18H19I2NO2. The first-order valence-electron chi connectivity index (χ1n) is 7.62. The number of rotatable bonds is 3. The molecule has 3 nitrogen and oxygen atoms in total. The van der Waals surface area contributed by atoms with Gasteiger partial charge in [-0.25, -0.2) is 0 Å². The van der Waals surface area contributed by atoms with Crippen LogP contribution in [0.15, 0.2) is 24.3 Å². The molecule has 0 heterocycles. The lowest BCUT2D eigenvalue weighted by Gasteiger charge is -2.26. The van der Waals surface area contributed by atoms with Crippen LogP contribution in [0.3, 0.4) is 0 Å². The second-order valence-electron chi connectivity index (χ2n) is 6.00. The minimum atomic E-state index is 0.206. The Hall–Kier alpha value is -0.700. The van der Waals surface area contributed by atoms with Gasteiger partial charge >= 0.3 is 0 Å². The number of halogens is 2. The molecule has 0 amide bonds. The zero-order valence-electron chi connectivity index (χ0n) is 12.9. The maximum Gasteiger partial charge on any atom is 0.145 e. The average molecular weight is 535 g/mol. The number of benzene rings is 2. The lowest BCUT2D eigenvalue weighted by atomic mass is 9.79. The summed E-state index contributed by atoms with van der Waals surface area (Å²) in [5.74, 6) is 1.62. The van der Waals surface area contributed by atoms with Gasteiger partial charge in [0.15, 0.2) is 0 Å². The SMILES string of the molecule is COc1c(I)cc(C[C@H]2CCCc3cc(O)c(N)cc32)cc1I. The van der Waals surface area contributed by atoms with E-state index in [1.807, 2.05) is 12.1 Å². The average Bonchev–Trinajstić information content (AvgIpc) is 2.49. The van der Waals surface area contributed by atoms with Crippen molar-refractivity contribution in [2.24, 2.45) is 0 Å². The van der Waals surface area contributed by atoms with Gasteiger partial charge in [-0.05, 0) is 118 Å². The van der Waals surface area contributed by atoms with Gasteiger partial charge in [0.05, 0.1) is 19.9 Å². The molecule has 122 valence electrons. The molecule has 23 heavy (non-hydrogen) atoms. The van der Waals surface area contributed by atoms with E-state index >= 15 is 0 Å². The van der Waals surface area contributed by atoms with Crippen LogP contribution < -0.4 is 10.5 Å². The number of ether oxygens (including phenoxy) is 1. The number of anilines is 1. The van der Waals surface area contributed by atoms with Crippen molar-refractivity contribution in [3.05, 3.63) is 48.1 Å². The highest BCUT2D eigenvalue weighted by Crippen LogP contribution is 2.39. The summed E-state index contributed by atoms with van der Waals surface area (Å²) >= 11 is 4.67. The number of aryl methyl sites for hydroxylation is 1. The Morgan fingerprint density at radius 2 is 1.91 bits per heavy atom. The van der Waals surface area contributed by atoms with Crippen LogP contribution in [-0.2, 0) is 12.8 Å². The highest BCUT2D eigenvalue weighted by Gasteiger charge is 2.22. The van der Waals surface area contributed by atoms with Crippen LogP contribution in [-0.4, -0.2) is 12.2 Å². The number of aromatic hydroxyl groups is 1. The van der Waals surface area contributed by atoms with Gasteiger partial charge < -0.3 is 15.6 Å². The Morgan fingerprint density at radius 3 is 2.57 bits per heavy atom. The third-order valence-corrected chi connectivity index (χ3v) is 6.07. The Bertz CT molecular complexity index is 723. The number of nitrogens with two attached hydrogens (primary N) is 1. The summed E-state index contributed by atoms with van der Waals surface area (Å²) in [7, 11) is 1.71. The van der Waals surface area contributed by atoms with Crippen LogP contribution in [0.1, 0.15) is 35.4 Å². The molecule has 3 N–H and O–H groups in total. The molecule has 2 aromatic carbocycles. The van der Waals surface area contributed by atoms with Crippen molar-refractivity contribution in [2.75, 3.05) is 12.8 Å². The fourth-order valence-corrected chi connectivity index (χ4v) is 5.72. The van der Waals surface area contributed by atoms with E-state index in [9.17, 15) is 5.11 Å². The second kappa shape index (κ2) is 7.04. The molecule has 0 saturated heterocycles. The first kappa shape index (κ1) is 17.1. The summed E-state index contributed by atoms with van der Waals surface area (Å²) < 4.78 is 7.74. The third-order valence-electron chi connectivity index (χ3n) is 4.47. The number of phenols is 1. The first-order chi connectivity index (χ1) is 11.0. The molecule has 1 aliphatic carbocycles. The number of methoxy groups -OCH3 is 1. The van der Waals surface area contributed by atoms with Crippen molar-refractivity contribution in [3.63, 3.8) is 0 Å². The zero-order chi connectivity index (χ0) is 16.6. The molecule has 2 aromatic rings. The van der Waals surface area contributed by atoms with E-state index in [4.69, 9.17) is 10.5 Å². The van der Waals surface area contributed by atoms with E-state index in [2.05, 4.69) is 57.3 Å². The summed E-state index contributed by atoms with van der Waals surface area (Å²) in [5, 5.41) is 9.84. The van der Waals surface area contributed by atoms with Crippen LogP contribution >= 0.6 is 45.2 Å². The second-order valence-corrected chi connectivity index (χ2v) is 8.32. The third kappa shape index (κ3) is 3.55. The van der Waals surface area contributed by atoms with Crippen molar-refractivity contribution in [2.45, 2.75) is 31.6 Å². The Labute approximate surface area is 163 Å². The van der Waals surface area contributed by atoms with E-state index in [1.54, 1.807) is 7.11 Å². The molecule has 3 rings (SSSR count). The summed E-state index contributed by atoms with van der Waals surface area (Å²) in [6, 6.07) is 8.23. The number of hydrogen-bond acceptors (Lipinski definition) is 3. The Balaban J connectivity index is 1.92. The van der Waals surface area contributed by atoms with Crippen LogP contribution in [0.25, 0.3) is 0 Å². The molecule has 1 aliphatic rings. The van der Waals surface area contributed by atoms with Crippen molar-refractivity contribution in [1.29, 1.82) is 0 Å². The number of phenolic OH excluding ortho intramolecular Hbond substituents is 1. The topological polar surface area (TPSA) is 55.5 Å². The molecule has 0 aliphatic heterocycles. The molecule has 5 heteroatoms. The van der Waals surface area contributed by atoms with E-state index in [1.165, 1.54) is 16.7 Å². The smallest absolute Gasteiger partial charge is 0.145 e. The van der Waals surface area contributed by atoms with Gasteiger partial charge in [0.1, 0.15) is 11.5 Å². The van der Waals surface area contributed by atoms with Crippen LogP contribution in [0.5, 0.6) is 11.5 Å². The van der Waals surface area contributed by atoms with E-state index in [-0.39, 0.29) is 5.75 Å². The summed E-state index contributed by atoms with van der Waals surface area (Å²) in [6.07, 6.45) is 4.34. The van der Waals surface area contributed by atoms with Crippen molar-refractivity contribution in [3.8, 4) is 11.5 Å². The van der Waals surface area contributed by atoms with Gasteiger partial charge in [-0.15, -0.1) is 0 Å². The first-order valence-corrected chi connectivity index (χ1v) is 9.78. The van der Waals surface area contributed by atoms with Crippen LogP contribution in [0.2, 0.25) is 0 Å². The summed E-state index contributed by atoms with van der Waals surface area (Å²) in [6.45, 7) is 0. The largest absolute Gasteiger partial charge is 0.506 e. The quantitative estimate of drug-likeness (QED) is 0.336. The monoisotopic (exact) mass is 535 g/mol. The van der Waals surface area contributed by atoms with Gasteiger partial charge in [0.25, 0.3) is 0 Å². The molecule has 0 aromatic heterocycles. The van der Waals surface area contributed by atoms with Crippen molar-refractivity contribution in [1.82, 2.24) is 0 Å². The fourth-order valence-electron chi connectivity index (χ4n) is 3.38. The predicted molar refractivity (Wildman–Crippen MR) is 110 cm³/mol. The number of hydrogen-bond donors (Lipinski definition) is 2. The van der Waals surface area contributed by atoms with E-state index in [0.29, 0.717) is 11.6 Å².